The summed E-state index contributed by atoms with van der Waals surface area (Å²) in [6.45, 7) is 2.31. The Morgan fingerprint density at radius 3 is 1.92 bits per heavy atom. The van der Waals surface area contributed by atoms with E-state index >= 15 is 0 Å². The fourth-order valence-corrected chi connectivity index (χ4v) is 3.30. The van der Waals surface area contributed by atoms with Crippen molar-refractivity contribution in [3.63, 3.8) is 0 Å². The molecule has 0 saturated heterocycles. The van der Waals surface area contributed by atoms with E-state index in [0.29, 0.717) is 5.92 Å². The normalized spacial score (nSPS) is 20.9. The number of halogens is 3. The standard InChI is InChI=1S/C21H21F3N2/c1-14-2-6-17(7-3-14)18-8-4-15(5-9-18)12-25-26-13-16-10-19(22)21(24)20(23)11-16/h4-5,8-14,17H,2-3,6-7H2,1H3/b25-12+,26-13+. The molecular formula is C21H21F3N2. The molecule has 136 valence electrons. The van der Waals surface area contributed by atoms with E-state index in [9.17, 15) is 13.2 Å². The summed E-state index contributed by atoms with van der Waals surface area (Å²) in [5.74, 6) is -2.51. The van der Waals surface area contributed by atoms with E-state index in [1.165, 1.54) is 37.5 Å². The molecule has 1 fully saturated rings. The minimum Gasteiger partial charge on any atom is -0.204 e. The monoisotopic (exact) mass is 358 g/mol. The lowest BCUT2D eigenvalue weighted by atomic mass is 9.79. The van der Waals surface area contributed by atoms with E-state index in [4.69, 9.17) is 0 Å². The predicted octanol–water partition coefficient (Wildman–Crippen LogP) is 5.85. The number of hydrogen-bond acceptors (Lipinski definition) is 2. The van der Waals surface area contributed by atoms with Crippen LogP contribution in [0.15, 0.2) is 46.6 Å². The van der Waals surface area contributed by atoms with Gasteiger partial charge in [0.2, 0.25) is 0 Å². The molecular weight excluding hydrogens is 337 g/mol. The lowest BCUT2D eigenvalue weighted by Crippen LogP contribution is -2.10. The maximum absolute atomic E-state index is 13.1. The van der Waals surface area contributed by atoms with Gasteiger partial charge in [-0.05, 0) is 47.9 Å². The summed E-state index contributed by atoms with van der Waals surface area (Å²) in [6.07, 6.45) is 7.80. The zero-order valence-corrected chi connectivity index (χ0v) is 14.6. The van der Waals surface area contributed by atoms with Crippen molar-refractivity contribution in [2.75, 3.05) is 0 Å². The summed E-state index contributed by atoms with van der Waals surface area (Å²) in [6, 6.07) is 9.97. The topological polar surface area (TPSA) is 24.7 Å². The minimum absolute atomic E-state index is 0.112. The quantitative estimate of drug-likeness (QED) is 0.372. The first kappa shape index (κ1) is 18.4. The molecule has 0 aliphatic heterocycles. The summed E-state index contributed by atoms with van der Waals surface area (Å²) in [7, 11) is 0. The molecule has 0 N–H and O–H groups in total. The van der Waals surface area contributed by atoms with E-state index in [0.717, 1.165) is 23.6 Å². The summed E-state index contributed by atoms with van der Waals surface area (Å²) in [5.41, 5.74) is 2.36. The van der Waals surface area contributed by atoms with Gasteiger partial charge in [-0.2, -0.15) is 10.2 Å². The van der Waals surface area contributed by atoms with Crippen LogP contribution in [0.4, 0.5) is 13.2 Å². The highest BCUT2D eigenvalue weighted by atomic mass is 19.2. The first-order valence-corrected chi connectivity index (χ1v) is 8.84. The SMILES string of the molecule is CC1CCC(c2ccc(/C=N/N=C/c3cc(F)c(F)c(F)c3)cc2)CC1. The van der Waals surface area contributed by atoms with Crippen LogP contribution in [0, 0.1) is 23.4 Å². The van der Waals surface area contributed by atoms with Crippen LogP contribution in [0.3, 0.4) is 0 Å². The number of nitrogens with zero attached hydrogens (tertiary/aromatic N) is 2. The number of hydrogen-bond donors (Lipinski definition) is 0. The predicted molar refractivity (Wildman–Crippen MR) is 98.3 cm³/mol. The second-order valence-corrected chi connectivity index (χ2v) is 6.91. The number of benzene rings is 2. The third-order valence-corrected chi connectivity index (χ3v) is 4.91. The fraction of sp³-hybridized carbons (Fsp3) is 0.333. The lowest BCUT2D eigenvalue weighted by Gasteiger charge is -2.26. The highest BCUT2D eigenvalue weighted by Gasteiger charge is 2.19. The van der Waals surface area contributed by atoms with Gasteiger partial charge in [0.05, 0.1) is 12.4 Å². The third-order valence-electron chi connectivity index (χ3n) is 4.91. The molecule has 0 bridgehead atoms. The maximum atomic E-state index is 13.1. The Morgan fingerprint density at radius 2 is 1.35 bits per heavy atom. The van der Waals surface area contributed by atoms with Gasteiger partial charge in [-0.1, -0.05) is 44.0 Å². The van der Waals surface area contributed by atoms with Crippen molar-refractivity contribution >= 4 is 12.4 Å². The van der Waals surface area contributed by atoms with Gasteiger partial charge in [0.1, 0.15) is 0 Å². The smallest absolute Gasteiger partial charge is 0.194 e. The minimum atomic E-state index is -1.49. The van der Waals surface area contributed by atoms with Crippen molar-refractivity contribution in [3.05, 3.63) is 70.5 Å². The van der Waals surface area contributed by atoms with Gasteiger partial charge in [0.15, 0.2) is 17.5 Å². The van der Waals surface area contributed by atoms with Crippen molar-refractivity contribution < 1.29 is 13.2 Å². The lowest BCUT2D eigenvalue weighted by molar-refractivity contribution is 0.348. The molecule has 0 atom stereocenters. The molecule has 1 aliphatic rings. The first-order valence-electron chi connectivity index (χ1n) is 8.84. The highest BCUT2D eigenvalue weighted by molar-refractivity contribution is 5.82. The van der Waals surface area contributed by atoms with Gasteiger partial charge in [-0.3, -0.25) is 0 Å². The van der Waals surface area contributed by atoms with Crippen LogP contribution >= 0.6 is 0 Å². The van der Waals surface area contributed by atoms with Gasteiger partial charge in [-0.25, -0.2) is 13.2 Å². The molecule has 1 aliphatic carbocycles. The average molecular weight is 358 g/mol. The van der Waals surface area contributed by atoms with Crippen LogP contribution < -0.4 is 0 Å². The molecule has 0 radical (unpaired) electrons. The van der Waals surface area contributed by atoms with Gasteiger partial charge >= 0.3 is 0 Å². The highest BCUT2D eigenvalue weighted by Crippen LogP contribution is 2.35. The molecule has 0 spiro atoms. The van der Waals surface area contributed by atoms with E-state index in [1.54, 1.807) is 6.21 Å². The molecule has 2 nitrogen and oxygen atoms in total. The first-order chi connectivity index (χ1) is 12.5. The van der Waals surface area contributed by atoms with Crippen LogP contribution in [0.5, 0.6) is 0 Å². The van der Waals surface area contributed by atoms with Crippen molar-refractivity contribution in [2.45, 2.75) is 38.5 Å². The van der Waals surface area contributed by atoms with Gasteiger partial charge in [0, 0.05) is 5.56 Å². The zero-order valence-electron chi connectivity index (χ0n) is 14.6. The molecule has 5 heteroatoms. The van der Waals surface area contributed by atoms with E-state index in [2.05, 4.69) is 29.3 Å². The molecule has 0 amide bonds. The Labute approximate surface area is 151 Å². The molecule has 0 aromatic heterocycles. The average Bonchev–Trinajstić information content (AvgIpc) is 2.64. The molecule has 2 aromatic rings. The van der Waals surface area contributed by atoms with Crippen LogP contribution in [0.1, 0.15) is 55.2 Å². The molecule has 2 aromatic carbocycles. The Kier molecular flexibility index (Phi) is 5.86. The summed E-state index contributed by atoms with van der Waals surface area (Å²) in [4.78, 5) is 0. The van der Waals surface area contributed by atoms with Crippen LogP contribution in [0.25, 0.3) is 0 Å². The van der Waals surface area contributed by atoms with Gasteiger partial charge in [-0.15, -0.1) is 0 Å². The fourth-order valence-electron chi connectivity index (χ4n) is 3.30. The second-order valence-electron chi connectivity index (χ2n) is 6.91. The largest absolute Gasteiger partial charge is 0.204 e. The van der Waals surface area contributed by atoms with E-state index < -0.39 is 17.5 Å². The Balaban J connectivity index is 1.60. The van der Waals surface area contributed by atoms with Gasteiger partial charge in [0.25, 0.3) is 0 Å². The Hall–Kier alpha value is -2.43. The van der Waals surface area contributed by atoms with Crippen molar-refractivity contribution in [3.8, 4) is 0 Å². The third kappa shape index (κ3) is 4.59. The van der Waals surface area contributed by atoms with Gasteiger partial charge < -0.3 is 0 Å². The molecule has 0 heterocycles. The van der Waals surface area contributed by atoms with E-state index in [1.807, 2.05) is 12.1 Å². The van der Waals surface area contributed by atoms with E-state index in [-0.39, 0.29) is 5.56 Å². The Bertz CT molecular complexity index is 782. The number of rotatable bonds is 4. The molecule has 26 heavy (non-hydrogen) atoms. The Morgan fingerprint density at radius 1 is 0.808 bits per heavy atom. The maximum Gasteiger partial charge on any atom is 0.194 e. The van der Waals surface area contributed by atoms with Crippen molar-refractivity contribution in [2.24, 2.45) is 16.1 Å². The van der Waals surface area contributed by atoms with Crippen LogP contribution in [-0.2, 0) is 0 Å². The molecule has 1 saturated carbocycles. The summed E-state index contributed by atoms with van der Waals surface area (Å²) >= 11 is 0. The summed E-state index contributed by atoms with van der Waals surface area (Å²) in [5, 5.41) is 7.63. The summed E-state index contributed by atoms with van der Waals surface area (Å²) < 4.78 is 39.1. The van der Waals surface area contributed by atoms with Crippen molar-refractivity contribution in [1.82, 2.24) is 0 Å². The second kappa shape index (κ2) is 8.30. The molecule has 3 rings (SSSR count). The van der Waals surface area contributed by atoms with Crippen LogP contribution in [0.2, 0.25) is 0 Å². The van der Waals surface area contributed by atoms with Crippen molar-refractivity contribution in [1.29, 1.82) is 0 Å². The van der Waals surface area contributed by atoms with Crippen LogP contribution in [-0.4, -0.2) is 12.4 Å². The molecule has 0 unspecified atom stereocenters. The zero-order chi connectivity index (χ0) is 18.5.